The minimum absolute atomic E-state index is 0.203. The summed E-state index contributed by atoms with van der Waals surface area (Å²) >= 11 is 2.98. The number of halogens is 2. The van der Waals surface area contributed by atoms with Gasteiger partial charge in [0.15, 0.2) is 0 Å². The molecule has 0 aliphatic carbocycles. The van der Waals surface area contributed by atoms with Crippen LogP contribution in [0.5, 0.6) is 0 Å². The third kappa shape index (κ3) is 2.26. The Kier molecular flexibility index (Phi) is 2.68. The highest BCUT2D eigenvalue weighted by atomic mass is 79.9. The summed E-state index contributed by atoms with van der Waals surface area (Å²) in [6.45, 7) is 0. The van der Waals surface area contributed by atoms with Crippen molar-refractivity contribution in [2.75, 3.05) is 0 Å². The van der Waals surface area contributed by atoms with Crippen LogP contribution in [0, 0.1) is 11.3 Å². The second-order valence-electron chi connectivity index (χ2n) is 2.19. The zero-order valence-corrected chi connectivity index (χ0v) is 8.56. The molecular formula is C7H3BrFNO2S. The summed E-state index contributed by atoms with van der Waals surface area (Å²) in [5, 5.41) is 8.48. The Balaban J connectivity index is 3.53. The van der Waals surface area contributed by atoms with Crippen molar-refractivity contribution in [2.45, 2.75) is 4.90 Å². The molecule has 13 heavy (non-hydrogen) atoms. The number of hydrogen-bond acceptors (Lipinski definition) is 3. The van der Waals surface area contributed by atoms with Crippen LogP contribution < -0.4 is 0 Å². The van der Waals surface area contributed by atoms with Crippen molar-refractivity contribution in [2.24, 2.45) is 0 Å². The molecule has 1 rings (SSSR count). The van der Waals surface area contributed by atoms with Crippen molar-refractivity contribution in [3.05, 3.63) is 28.2 Å². The van der Waals surface area contributed by atoms with Crippen LogP contribution in [0.15, 0.2) is 27.6 Å². The van der Waals surface area contributed by atoms with Gasteiger partial charge in [-0.15, -0.1) is 3.89 Å². The van der Waals surface area contributed by atoms with Crippen molar-refractivity contribution in [3.8, 4) is 6.07 Å². The lowest BCUT2D eigenvalue weighted by Gasteiger charge is -1.98. The summed E-state index contributed by atoms with van der Waals surface area (Å²) in [6.07, 6.45) is 0. The van der Waals surface area contributed by atoms with Gasteiger partial charge in [0.05, 0.1) is 5.56 Å². The summed E-state index contributed by atoms with van der Waals surface area (Å²) in [7, 11) is -4.82. The molecule has 6 heteroatoms. The maximum Gasteiger partial charge on any atom is 0.333 e. The molecule has 68 valence electrons. The summed E-state index contributed by atoms with van der Waals surface area (Å²) in [6, 6.07) is 5.34. The Morgan fingerprint density at radius 3 is 2.54 bits per heavy atom. The first-order valence-electron chi connectivity index (χ1n) is 3.09. The van der Waals surface area contributed by atoms with E-state index in [0.29, 0.717) is 4.47 Å². The SMILES string of the molecule is N#Cc1ccc(Br)cc1S(=O)(=O)F. The average molecular weight is 264 g/mol. The summed E-state index contributed by atoms with van der Waals surface area (Å²) < 4.78 is 34.0. The van der Waals surface area contributed by atoms with E-state index in [0.717, 1.165) is 6.07 Å². The molecule has 0 saturated heterocycles. The molecule has 0 saturated carbocycles. The summed E-state index contributed by atoms with van der Waals surface area (Å²) in [4.78, 5) is -0.607. The molecule has 0 bridgehead atoms. The monoisotopic (exact) mass is 263 g/mol. The van der Waals surface area contributed by atoms with Gasteiger partial charge in [0, 0.05) is 4.47 Å². The van der Waals surface area contributed by atoms with Gasteiger partial charge in [-0.1, -0.05) is 15.9 Å². The van der Waals surface area contributed by atoms with Gasteiger partial charge in [-0.2, -0.15) is 13.7 Å². The largest absolute Gasteiger partial charge is 0.333 e. The lowest BCUT2D eigenvalue weighted by molar-refractivity contribution is 0.551. The molecule has 0 unspecified atom stereocenters. The van der Waals surface area contributed by atoms with Crippen molar-refractivity contribution in [1.82, 2.24) is 0 Å². The van der Waals surface area contributed by atoms with Crippen molar-refractivity contribution in [3.63, 3.8) is 0 Å². The molecule has 0 aromatic heterocycles. The molecule has 0 atom stereocenters. The maximum absolute atomic E-state index is 12.5. The number of benzene rings is 1. The van der Waals surface area contributed by atoms with Crippen LogP contribution in [0.2, 0.25) is 0 Å². The van der Waals surface area contributed by atoms with E-state index in [-0.39, 0.29) is 5.56 Å². The fourth-order valence-electron chi connectivity index (χ4n) is 0.790. The Morgan fingerprint density at radius 1 is 1.46 bits per heavy atom. The third-order valence-electron chi connectivity index (χ3n) is 1.33. The van der Waals surface area contributed by atoms with E-state index in [4.69, 9.17) is 5.26 Å². The van der Waals surface area contributed by atoms with Gasteiger partial charge >= 0.3 is 10.2 Å². The van der Waals surface area contributed by atoms with Crippen LogP contribution in [0.3, 0.4) is 0 Å². The quantitative estimate of drug-likeness (QED) is 0.728. The Hall–Kier alpha value is -0.930. The first-order valence-corrected chi connectivity index (χ1v) is 5.27. The molecular weight excluding hydrogens is 261 g/mol. The van der Waals surface area contributed by atoms with Crippen molar-refractivity contribution in [1.29, 1.82) is 5.26 Å². The first kappa shape index (κ1) is 10.2. The van der Waals surface area contributed by atoms with Crippen molar-refractivity contribution < 1.29 is 12.3 Å². The Bertz CT molecular complexity index is 478. The minimum atomic E-state index is -4.82. The first-order chi connectivity index (χ1) is 5.95. The standard InChI is InChI=1S/C7H3BrFNO2S/c8-6-2-1-5(4-10)7(3-6)13(9,11)12/h1-3H. The lowest BCUT2D eigenvalue weighted by Crippen LogP contribution is -1.95. The van der Waals surface area contributed by atoms with E-state index in [1.807, 2.05) is 0 Å². The van der Waals surface area contributed by atoms with Gasteiger partial charge in [-0.3, -0.25) is 0 Å². The van der Waals surface area contributed by atoms with Gasteiger partial charge in [-0.05, 0) is 18.2 Å². The fraction of sp³-hybridized carbons (Fsp3) is 0. The van der Waals surface area contributed by atoms with E-state index in [9.17, 15) is 12.3 Å². The topological polar surface area (TPSA) is 57.9 Å². The predicted octanol–water partition coefficient (Wildman–Crippen LogP) is 1.98. The van der Waals surface area contributed by atoms with Crippen LogP contribution in [-0.4, -0.2) is 8.42 Å². The number of hydrogen-bond donors (Lipinski definition) is 0. The molecule has 0 fully saturated rings. The zero-order valence-electron chi connectivity index (χ0n) is 6.16. The number of nitriles is 1. The maximum atomic E-state index is 12.5. The van der Waals surface area contributed by atoms with Crippen LogP contribution >= 0.6 is 15.9 Å². The van der Waals surface area contributed by atoms with Crippen molar-refractivity contribution >= 4 is 26.2 Å². The molecule has 0 radical (unpaired) electrons. The molecule has 0 aliphatic rings. The van der Waals surface area contributed by atoms with Crippen LogP contribution in [0.25, 0.3) is 0 Å². The fourth-order valence-corrected chi connectivity index (χ4v) is 1.95. The molecule has 0 amide bonds. The van der Waals surface area contributed by atoms with Crippen LogP contribution in [0.1, 0.15) is 5.56 Å². The minimum Gasteiger partial charge on any atom is -0.192 e. The normalized spacial score (nSPS) is 10.8. The van der Waals surface area contributed by atoms with E-state index in [2.05, 4.69) is 15.9 Å². The van der Waals surface area contributed by atoms with Crippen LogP contribution in [-0.2, 0) is 10.2 Å². The van der Waals surface area contributed by atoms with E-state index >= 15 is 0 Å². The molecule has 0 heterocycles. The molecule has 0 spiro atoms. The zero-order chi connectivity index (χ0) is 10.1. The molecule has 1 aromatic rings. The molecule has 0 aliphatic heterocycles. The van der Waals surface area contributed by atoms with Gasteiger partial charge in [0.2, 0.25) is 0 Å². The summed E-state index contributed by atoms with van der Waals surface area (Å²) in [5.41, 5.74) is -0.203. The highest BCUT2D eigenvalue weighted by molar-refractivity contribution is 9.10. The molecule has 1 aromatic carbocycles. The summed E-state index contributed by atoms with van der Waals surface area (Å²) in [5.74, 6) is 0. The predicted molar refractivity (Wildman–Crippen MR) is 47.2 cm³/mol. The Labute approximate surface area is 83.1 Å². The second kappa shape index (κ2) is 3.44. The van der Waals surface area contributed by atoms with E-state index in [1.54, 1.807) is 6.07 Å². The molecule has 0 N–H and O–H groups in total. The number of nitrogens with zero attached hydrogens (tertiary/aromatic N) is 1. The highest BCUT2D eigenvalue weighted by Crippen LogP contribution is 2.21. The van der Waals surface area contributed by atoms with E-state index < -0.39 is 15.1 Å². The van der Waals surface area contributed by atoms with Gasteiger partial charge in [0.1, 0.15) is 11.0 Å². The lowest BCUT2D eigenvalue weighted by atomic mass is 10.2. The average Bonchev–Trinajstić information content (AvgIpc) is 2.03. The molecule has 3 nitrogen and oxygen atoms in total. The third-order valence-corrected chi connectivity index (χ3v) is 2.68. The van der Waals surface area contributed by atoms with Gasteiger partial charge in [0.25, 0.3) is 0 Å². The van der Waals surface area contributed by atoms with E-state index in [1.165, 1.54) is 12.1 Å². The highest BCUT2D eigenvalue weighted by Gasteiger charge is 2.17. The number of rotatable bonds is 1. The van der Waals surface area contributed by atoms with Gasteiger partial charge in [-0.25, -0.2) is 0 Å². The second-order valence-corrected chi connectivity index (χ2v) is 4.42. The van der Waals surface area contributed by atoms with Gasteiger partial charge < -0.3 is 0 Å². The van der Waals surface area contributed by atoms with Crippen LogP contribution in [0.4, 0.5) is 3.89 Å². The Morgan fingerprint density at radius 2 is 2.08 bits per heavy atom. The smallest absolute Gasteiger partial charge is 0.192 e.